The number of carbonyl (C=O) groups is 1. The quantitative estimate of drug-likeness (QED) is 0.301. The summed E-state index contributed by atoms with van der Waals surface area (Å²) in [5.74, 6) is 0.0882. The van der Waals surface area contributed by atoms with Gasteiger partial charge in [0.2, 0.25) is 5.91 Å². The smallest absolute Gasteiger partial charge is 0.234 e. The van der Waals surface area contributed by atoms with Crippen molar-refractivity contribution in [2.45, 2.75) is 16.8 Å². The van der Waals surface area contributed by atoms with Gasteiger partial charge in [-0.2, -0.15) is 0 Å². The Kier molecular flexibility index (Phi) is 4.66. The average molecular weight is 433 g/mol. The maximum absolute atomic E-state index is 13.6. The minimum atomic E-state index is 0.0377. The third kappa shape index (κ3) is 3.15. The van der Waals surface area contributed by atoms with E-state index in [0.717, 1.165) is 27.7 Å². The molecule has 1 aliphatic rings. The summed E-state index contributed by atoms with van der Waals surface area (Å²) >= 11 is 1.68. The van der Waals surface area contributed by atoms with Gasteiger partial charge in [0.25, 0.3) is 0 Å². The molecule has 32 heavy (non-hydrogen) atoms. The molecule has 0 N–H and O–H groups in total. The van der Waals surface area contributed by atoms with Crippen LogP contribution in [0.25, 0.3) is 33.3 Å². The van der Waals surface area contributed by atoms with Crippen molar-refractivity contribution in [2.75, 3.05) is 0 Å². The number of hydrogen-bond acceptors (Lipinski definition) is 3. The largest absolute Gasteiger partial charge is 0.274 e. The van der Waals surface area contributed by atoms with Crippen molar-refractivity contribution in [2.24, 2.45) is 0 Å². The molecule has 0 aliphatic carbocycles. The summed E-state index contributed by atoms with van der Waals surface area (Å²) in [5, 5.41) is 3.20. The zero-order valence-corrected chi connectivity index (χ0v) is 18.1. The number of aromatic nitrogens is 2. The molecule has 6 rings (SSSR count). The number of thioether (sulfide) groups is 1. The molecule has 1 aromatic heterocycles. The Hall–Kier alpha value is -3.63. The van der Waals surface area contributed by atoms with Crippen LogP contribution in [0.5, 0.6) is 0 Å². The first-order chi connectivity index (χ1) is 15.8. The molecule has 1 unspecified atom stereocenters. The minimum absolute atomic E-state index is 0.0377. The molecule has 0 spiro atoms. The lowest BCUT2D eigenvalue weighted by Gasteiger charge is -2.24. The number of imidazole rings is 1. The number of fused-ring (bicyclic) bond motifs is 2. The van der Waals surface area contributed by atoms with Gasteiger partial charge < -0.3 is 0 Å². The van der Waals surface area contributed by atoms with Crippen molar-refractivity contribution in [3.05, 3.63) is 109 Å². The fourth-order valence-electron chi connectivity index (χ4n) is 4.49. The molecule has 1 aliphatic heterocycles. The molecule has 2 heterocycles. The first-order valence-corrected chi connectivity index (χ1v) is 11.6. The van der Waals surface area contributed by atoms with E-state index < -0.39 is 0 Å². The van der Waals surface area contributed by atoms with E-state index in [0.29, 0.717) is 6.42 Å². The minimum Gasteiger partial charge on any atom is -0.274 e. The molecule has 0 amide bonds. The second-order valence-corrected chi connectivity index (χ2v) is 9.10. The zero-order valence-electron chi connectivity index (χ0n) is 17.3. The van der Waals surface area contributed by atoms with Crippen LogP contribution in [-0.4, -0.2) is 15.5 Å². The van der Waals surface area contributed by atoms with Crippen molar-refractivity contribution in [1.82, 2.24) is 9.55 Å². The van der Waals surface area contributed by atoms with Gasteiger partial charge in [-0.1, -0.05) is 115 Å². The SMILES string of the molecule is O=C1CC(c2cccc3ccccc23)Sc2nc(-c3ccccc3)c(-c3ccccc3)n21. The van der Waals surface area contributed by atoms with Crippen molar-refractivity contribution in [3.63, 3.8) is 0 Å². The van der Waals surface area contributed by atoms with Gasteiger partial charge in [-0.05, 0) is 16.3 Å². The van der Waals surface area contributed by atoms with E-state index in [2.05, 4.69) is 54.6 Å². The van der Waals surface area contributed by atoms with E-state index in [-0.39, 0.29) is 11.2 Å². The number of rotatable bonds is 3. The van der Waals surface area contributed by atoms with E-state index in [9.17, 15) is 4.79 Å². The summed E-state index contributed by atoms with van der Waals surface area (Å²) in [6.45, 7) is 0. The van der Waals surface area contributed by atoms with Gasteiger partial charge in [-0.25, -0.2) is 4.98 Å². The second-order valence-electron chi connectivity index (χ2n) is 7.93. The average Bonchev–Trinajstić information content (AvgIpc) is 3.25. The maximum atomic E-state index is 13.6. The fourth-order valence-corrected chi connectivity index (χ4v) is 5.75. The summed E-state index contributed by atoms with van der Waals surface area (Å²) in [7, 11) is 0. The predicted octanol–water partition coefficient (Wildman–Crippen LogP) is 7.25. The number of benzene rings is 4. The Morgan fingerprint density at radius 2 is 1.41 bits per heavy atom. The number of carbonyl (C=O) groups excluding carboxylic acids is 1. The summed E-state index contributed by atoms with van der Waals surface area (Å²) in [5.41, 5.74) is 4.94. The Labute approximate surface area is 190 Å². The third-order valence-electron chi connectivity index (χ3n) is 5.97. The van der Waals surface area contributed by atoms with Gasteiger partial charge >= 0.3 is 0 Å². The lowest BCUT2D eigenvalue weighted by molar-refractivity contribution is 0.0888. The van der Waals surface area contributed by atoms with Gasteiger partial charge in [-0.3, -0.25) is 9.36 Å². The van der Waals surface area contributed by atoms with Gasteiger partial charge in [0.15, 0.2) is 5.16 Å². The zero-order chi connectivity index (χ0) is 21.5. The summed E-state index contributed by atoms with van der Waals surface area (Å²) in [6.07, 6.45) is 0.441. The Morgan fingerprint density at radius 1 is 0.750 bits per heavy atom. The van der Waals surface area contributed by atoms with Crippen molar-refractivity contribution in [1.29, 1.82) is 0 Å². The lowest BCUT2D eigenvalue weighted by atomic mass is 10.00. The monoisotopic (exact) mass is 432 g/mol. The highest BCUT2D eigenvalue weighted by Gasteiger charge is 2.33. The van der Waals surface area contributed by atoms with Crippen LogP contribution in [0.15, 0.2) is 108 Å². The molecule has 4 aromatic carbocycles. The predicted molar refractivity (Wildman–Crippen MR) is 131 cm³/mol. The van der Waals surface area contributed by atoms with Gasteiger partial charge in [0.1, 0.15) is 0 Å². The normalized spacial score (nSPS) is 15.6. The van der Waals surface area contributed by atoms with Crippen molar-refractivity contribution < 1.29 is 4.79 Å². The molecule has 1 atom stereocenters. The van der Waals surface area contributed by atoms with E-state index in [4.69, 9.17) is 4.98 Å². The Bertz CT molecular complexity index is 1440. The van der Waals surface area contributed by atoms with Gasteiger partial charge in [0, 0.05) is 22.8 Å². The number of nitrogens with zero attached hydrogens (tertiary/aromatic N) is 2. The topological polar surface area (TPSA) is 34.9 Å². The van der Waals surface area contributed by atoms with E-state index in [1.165, 1.54) is 16.3 Å². The van der Waals surface area contributed by atoms with Crippen LogP contribution < -0.4 is 0 Å². The molecule has 0 saturated carbocycles. The first-order valence-electron chi connectivity index (χ1n) is 10.7. The van der Waals surface area contributed by atoms with Gasteiger partial charge in [0.05, 0.1) is 11.4 Å². The Morgan fingerprint density at radius 3 is 2.19 bits per heavy atom. The van der Waals surface area contributed by atoms with Crippen molar-refractivity contribution >= 4 is 28.4 Å². The fraction of sp³-hybridized carbons (Fsp3) is 0.0714. The third-order valence-corrected chi connectivity index (χ3v) is 7.16. The Balaban J connectivity index is 1.52. The van der Waals surface area contributed by atoms with E-state index >= 15 is 0 Å². The highest BCUT2D eigenvalue weighted by Crippen LogP contribution is 2.47. The van der Waals surface area contributed by atoms with Crippen LogP contribution in [0.3, 0.4) is 0 Å². The molecule has 0 bridgehead atoms. The second kappa shape index (κ2) is 7.81. The molecule has 4 heteroatoms. The molecule has 0 saturated heterocycles. The highest BCUT2D eigenvalue weighted by atomic mass is 32.2. The molecule has 0 fully saturated rings. The number of hydrogen-bond donors (Lipinski definition) is 0. The van der Waals surface area contributed by atoms with Crippen LogP contribution in [-0.2, 0) is 0 Å². The summed E-state index contributed by atoms with van der Waals surface area (Å²) in [4.78, 5) is 18.6. The maximum Gasteiger partial charge on any atom is 0.234 e. The van der Waals surface area contributed by atoms with Crippen LogP contribution >= 0.6 is 11.8 Å². The summed E-state index contributed by atoms with van der Waals surface area (Å²) < 4.78 is 1.82. The lowest BCUT2D eigenvalue weighted by Crippen LogP contribution is -2.20. The van der Waals surface area contributed by atoms with Crippen LogP contribution in [0, 0.1) is 0 Å². The van der Waals surface area contributed by atoms with Crippen LogP contribution in [0.1, 0.15) is 22.0 Å². The summed E-state index contributed by atoms with van der Waals surface area (Å²) in [6, 6.07) is 34.9. The molecular weight excluding hydrogens is 412 g/mol. The molecule has 154 valence electrons. The van der Waals surface area contributed by atoms with Crippen LogP contribution in [0.4, 0.5) is 0 Å². The van der Waals surface area contributed by atoms with Gasteiger partial charge in [-0.15, -0.1) is 0 Å². The molecule has 3 nitrogen and oxygen atoms in total. The molecule has 0 radical (unpaired) electrons. The molecule has 5 aromatic rings. The van der Waals surface area contributed by atoms with Crippen molar-refractivity contribution in [3.8, 4) is 22.5 Å². The van der Waals surface area contributed by atoms with E-state index in [1.54, 1.807) is 11.8 Å². The van der Waals surface area contributed by atoms with Crippen LogP contribution in [0.2, 0.25) is 0 Å². The van der Waals surface area contributed by atoms with E-state index in [1.807, 2.05) is 53.1 Å². The first kappa shape index (κ1) is 19.1. The molecular formula is C28H20N2OS. The highest BCUT2D eigenvalue weighted by molar-refractivity contribution is 7.99. The standard InChI is InChI=1S/C28H20N2OS/c31-25-18-24(23-17-9-15-19-10-7-8-16-22(19)23)32-28-29-26(20-11-3-1-4-12-20)27(30(25)28)21-13-5-2-6-14-21/h1-17,24H,18H2.